The van der Waals surface area contributed by atoms with Gasteiger partial charge >= 0.3 is 5.97 Å². The number of aliphatic carboxylic acids is 1. The fourth-order valence-electron chi connectivity index (χ4n) is 1.78. The maximum absolute atomic E-state index is 11.8. The van der Waals surface area contributed by atoms with E-state index in [4.69, 9.17) is 5.11 Å². The molecule has 0 aromatic heterocycles. The molecule has 0 aromatic carbocycles. The number of carbonyl (C=O) groups excluding carboxylic acids is 1. The van der Waals surface area contributed by atoms with Crippen molar-refractivity contribution in [3.8, 4) is 0 Å². The van der Waals surface area contributed by atoms with Gasteiger partial charge in [-0.3, -0.25) is 9.59 Å². The van der Waals surface area contributed by atoms with Crippen molar-refractivity contribution in [1.82, 2.24) is 5.32 Å². The van der Waals surface area contributed by atoms with E-state index in [-0.39, 0.29) is 17.9 Å². The van der Waals surface area contributed by atoms with Gasteiger partial charge in [-0.15, -0.1) is 0 Å². The Morgan fingerprint density at radius 3 is 2.53 bits per heavy atom. The lowest BCUT2D eigenvalue weighted by Crippen LogP contribution is -2.47. The van der Waals surface area contributed by atoms with Crippen molar-refractivity contribution in [3.05, 3.63) is 23.8 Å². The molecule has 4 heteroatoms. The molecule has 1 aliphatic rings. The van der Waals surface area contributed by atoms with Crippen LogP contribution in [0.1, 0.15) is 33.1 Å². The highest BCUT2D eigenvalue weighted by molar-refractivity contribution is 5.94. The van der Waals surface area contributed by atoms with Gasteiger partial charge in [-0.1, -0.05) is 25.2 Å². The fourth-order valence-corrected chi connectivity index (χ4v) is 1.78. The van der Waals surface area contributed by atoms with Crippen LogP contribution in [0.2, 0.25) is 0 Å². The lowest BCUT2D eigenvalue weighted by atomic mass is 9.80. The van der Waals surface area contributed by atoms with Gasteiger partial charge in [-0.05, 0) is 26.2 Å². The third-order valence-corrected chi connectivity index (χ3v) is 2.98. The molecule has 17 heavy (non-hydrogen) atoms. The molecule has 0 aliphatic heterocycles. The van der Waals surface area contributed by atoms with Crippen molar-refractivity contribution in [2.75, 3.05) is 0 Å². The first-order chi connectivity index (χ1) is 8.08. The van der Waals surface area contributed by atoms with Crippen LogP contribution in [0, 0.1) is 5.92 Å². The zero-order valence-electron chi connectivity index (χ0n) is 10.3. The van der Waals surface area contributed by atoms with Crippen molar-refractivity contribution < 1.29 is 14.7 Å². The van der Waals surface area contributed by atoms with Gasteiger partial charge in [0.05, 0.1) is 5.92 Å². The molecule has 0 atom stereocenters. The summed E-state index contributed by atoms with van der Waals surface area (Å²) in [5, 5.41) is 11.6. The van der Waals surface area contributed by atoms with Crippen LogP contribution in [0.15, 0.2) is 23.8 Å². The summed E-state index contributed by atoms with van der Waals surface area (Å²) in [6.45, 7) is 3.82. The van der Waals surface area contributed by atoms with Crippen molar-refractivity contribution in [3.63, 3.8) is 0 Å². The molecule has 0 unspecified atom stereocenters. The lowest BCUT2D eigenvalue weighted by Gasteiger charge is -2.33. The van der Waals surface area contributed by atoms with Crippen LogP contribution in [0.5, 0.6) is 0 Å². The van der Waals surface area contributed by atoms with Crippen LogP contribution >= 0.6 is 0 Å². The molecule has 0 heterocycles. The van der Waals surface area contributed by atoms with Crippen LogP contribution in [-0.4, -0.2) is 23.0 Å². The molecule has 1 rings (SSSR count). The first kappa shape index (κ1) is 13.5. The first-order valence-electron chi connectivity index (χ1n) is 5.94. The number of carboxylic acids is 1. The van der Waals surface area contributed by atoms with E-state index in [0.717, 1.165) is 5.57 Å². The zero-order chi connectivity index (χ0) is 12.8. The Hall–Kier alpha value is -1.58. The molecule has 0 bridgehead atoms. The van der Waals surface area contributed by atoms with E-state index in [9.17, 15) is 9.59 Å². The highest BCUT2D eigenvalue weighted by Crippen LogP contribution is 2.27. The van der Waals surface area contributed by atoms with Gasteiger partial charge in [0.25, 0.3) is 0 Å². The van der Waals surface area contributed by atoms with E-state index in [1.54, 1.807) is 6.08 Å². The van der Waals surface area contributed by atoms with Gasteiger partial charge in [0, 0.05) is 11.6 Å². The Balaban J connectivity index is 2.42. The Morgan fingerprint density at radius 2 is 2.06 bits per heavy atom. The summed E-state index contributed by atoms with van der Waals surface area (Å²) in [4.78, 5) is 22.4. The topological polar surface area (TPSA) is 66.4 Å². The molecule has 0 aromatic rings. The Kier molecular flexibility index (Phi) is 4.94. The number of carboxylic acid groups (broad SMARTS) is 1. The summed E-state index contributed by atoms with van der Waals surface area (Å²) in [5.74, 6) is -1.14. The molecule has 1 aliphatic carbocycles. The Morgan fingerprint density at radius 1 is 1.41 bits per heavy atom. The number of allylic oxidation sites excluding steroid dienone is 3. The molecule has 1 fully saturated rings. The van der Waals surface area contributed by atoms with Gasteiger partial charge in [0.1, 0.15) is 0 Å². The highest BCUT2D eigenvalue weighted by Gasteiger charge is 2.35. The van der Waals surface area contributed by atoms with Crippen molar-refractivity contribution in [1.29, 1.82) is 0 Å². The molecular formula is C13H19NO3. The van der Waals surface area contributed by atoms with Crippen LogP contribution in [0.25, 0.3) is 0 Å². The standard InChI is InChI=1S/C13H19NO3/c1-3-5-6-9(4-2)12(15)14-11-7-10(8-11)13(16)17/h3,5-6,10-11H,4,7-8H2,1-2H3,(H,14,15)(H,16,17)/b5-3-,9-6+/t10-,11-. The second kappa shape index (κ2) is 6.23. The largest absolute Gasteiger partial charge is 0.481 e. The average Bonchev–Trinajstić information content (AvgIpc) is 2.23. The van der Waals surface area contributed by atoms with Gasteiger partial charge in [-0.2, -0.15) is 0 Å². The number of hydrogen-bond acceptors (Lipinski definition) is 2. The number of nitrogens with one attached hydrogen (secondary N) is 1. The quantitative estimate of drug-likeness (QED) is 0.566. The molecule has 0 radical (unpaired) electrons. The van der Waals surface area contributed by atoms with E-state index in [2.05, 4.69) is 5.32 Å². The molecule has 1 saturated carbocycles. The molecule has 1 amide bonds. The second-order valence-corrected chi connectivity index (χ2v) is 4.25. The SMILES string of the molecule is C/C=C\C=C(/CC)C(=O)N[C@H]1C[C@H](C(=O)O)C1. The number of amides is 1. The third kappa shape index (κ3) is 3.73. The van der Waals surface area contributed by atoms with E-state index in [0.29, 0.717) is 19.3 Å². The van der Waals surface area contributed by atoms with Crippen molar-refractivity contribution in [2.24, 2.45) is 5.92 Å². The number of hydrogen-bond donors (Lipinski definition) is 2. The number of carbonyl (C=O) groups is 2. The summed E-state index contributed by atoms with van der Waals surface area (Å²) in [6.07, 6.45) is 7.25. The predicted octanol–water partition coefficient (Wildman–Crippen LogP) is 1.88. The summed E-state index contributed by atoms with van der Waals surface area (Å²) >= 11 is 0. The summed E-state index contributed by atoms with van der Waals surface area (Å²) in [5.41, 5.74) is 0.724. The maximum atomic E-state index is 11.8. The van der Waals surface area contributed by atoms with E-state index < -0.39 is 5.97 Å². The molecule has 94 valence electrons. The fraction of sp³-hybridized carbons (Fsp3) is 0.538. The minimum atomic E-state index is -0.768. The molecule has 2 N–H and O–H groups in total. The Labute approximate surface area is 101 Å². The van der Waals surface area contributed by atoms with E-state index >= 15 is 0 Å². The summed E-state index contributed by atoms with van der Waals surface area (Å²) in [6, 6.07) is 0.0177. The predicted molar refractivity (Wildman–Crippen MR) is 65.5 cm³/mol. The molecule has 0 spiro atoms. The van der Waals surface area contributed by atoms with E-state index in [1.165, 1.54) is 0 Å². The van der Waals surface area contributed by atoms with Crippen LogP contribution in [0.4, 0.5) is 0 Å². The van der Waals surface area contributed by atoms with E-state index in [1.807, 2.05) is 26.0 Å². The zero-order valence-corrected chi connectivity index (χ0v) is 10.3. The van der Waals surface area contributed by atoms with Crippen molar-refractivity contribution >= 4 is 11.9 Å². The number of rotatable bonds is 5. The van der Waals surface area contributed by atoms with Crippen LogP contribution < -0.4 is 5.32 Å². The summed E-state index contributed by atoms with van der Waals surface area (Å²) < 4.78 is 0. The monoisotopic (exact) mass is 237 g/mol. The maximum Gasteiger partial charge on any atom is 0.306 e. The first-order valence-corrected chi connectivity index (χ1v) is 5.94. The average molecular weight is 237 g/mol. The minimum Gasteiger partial charge on any atom is -0.481 e. The van der Waals surface area contributed by atoms with Crippen LogP contribution in [-0.2, 0) is 9.59 Å². The van der Waals surface area contributed by atoms with Crippen molar-refractivity contribution in [2.45, 2.75) is 39.2 Å². The van der Waals surface area contributed by atoms with Gasteiger partial charge in [-0.25, -0.2) is 0 Å². The lowest BCUT2D eigenvalue weighted by molar-refractivity contribution is -0.146. The van der Waals surface area contributed by atoms with Crippen LogP contribution in [0.3, 0.4) is 0 Å². The molecular weight excluding hydrogens is 218 g/mol. The minimum absolute atomic E-state index is 0.0177. The second-order valence-electron chi connectivity index (χ2n) is 4.25. The van der Waals surface area contributed by atoms with Gasteiger partial charge in [0.2, 0.25) is 5.91 Å². The summed E-state index contributed by atoms with van der Waals surface area (Å²) in [7, 11) is 0. The molecule has 0 saturated heterocycles. The van der Waals surface area contributed by atoms with Gasteiger partial charge in [0.15, 0.2) is 0 Å². The molecule has 4 nitrogen and oxygen atoms in total. The smallest absolute Gasteiger partial charge is 0.306 e. The normalized spacial score (nSPS) is 24.5. The van der Waals surface area contributed by atoms with Gasteiger partial charge < -0.3 is 10.4 Å². The highest BCUT2D eigenvalue weighted by atomic mass is 16.4. The third-order valence-electron chi connectivity index (χ3n) is 2.98. The Bertz CT molecular complexity index is 352.